The molecular weight excluding hydrogens is 232 g/mol. The van der Waals surface area contributed by atoms with Crippen molar-refractivity contribution in [3.8, 4) is 0 Å². The van der Waals surface area contributed by atoms with Gasteiger partial charge >= 0.3 is 5.97 Å². The molecule has 1 amide bonds. The number of nitrogens with one attached hydrogen (secondary N) is 2. The molecule has 1 aliphatic heterocycles. The normalized spacial score (nSPS) is 21.6. The van der Waals surface area contributed by atoms with Crippen LogP contribution in [0.4, 0.5) is 0 Å². The van der Waals surface area contributed by atoms with Crippen LogP contribution in [-0.2, 0) is 9.59 Å². The average molecular weight is 256 g/mol. The number of aliphatic carboxylic acids is 1. The standard InChI is InChI=1S/C13H24N2O3/c1-9(2)12(13(17)18)15-11(16)6-5-10-4-3-7-14-8-10/h9-10,12,14H,3-8H2,1-2H3,(H,15,16)(H,17,18)/t10?,12-/m0/s1. The molecule has 0 bridgehead atoms. The minimum Gasteiger partial charge on any atom is -0.480 e. The van der Waals surface area contributed by atoms with Gasteiger partial charge in [0.1, 0.15) is 6.04 Å². The van der Waals surface area contributed by atoms with E-state index in [1.54, 1.807) is 13.8 Å². The van der Waals surface area contributed by atoms with Crippen LogP contribution in [0.1, 0.15) is 39.5 Å². The van der Waals surface area contributed by atoms with Gasteiger partial charge in [-0.1, -0.05) is 13.8 Å². The largest absolute Gasteiger partial charge is 0.480 e. The molecule has 18 heavy (non-hydrogen) atoms. The van der Waals surface area contributed by atoms with Crippen molar-refractivity contribution >= 4 is 11.9 Å². The van der Waals surface area contributed by atoms with Gasteiger partial charge in [0, 0.05) is 6.42 Å². The Kier molecular flexibility index (Phi) is 6.12. The molecule has 5 heteroatoms. The molecular formula is C13H24N2O3. The van der Waals surface area contributed by atoms with E-state index in [1.807, 2.05) is 0 Å². The molecule has 0 aromatic rings. The molecule has 0 radical (unpaired) electrons. The van der Waals surface area contributed by atoms with Crippen LogP contribution in [-0.4, -0.2) is 36.1 Å². The third-order valence-electron chi connectivity index (χ3n) is 3.43. The fourth-order valence-corrected chi connectivity index (χ4v) is 2.26. The van der Waals surface area contributed by atoms with E-state index in [9.17, 15) is 9.59 Å². The zero-order valence-electron chi connectivity index (χ0n) is 11.2. The second-order valence-electron chi connectivity index (χ2n) is 5.38. The molecule has 5 nitrogen and oxygen atoms in total. The monoisotopic (exact) mass is 256 g/mol. The van der Waals surface area contributed by atoms with Gasteiger partial charge < -0.3 is 15.7 Å². The van der Waals surface area contributed by atoms with Crippen molar-refractivity contribution in [1.82, 2.24) is 10.6 Å². The SMILES string of the molecule is CC(C)[C@H](NC(=O)CCC1CCCNC1)C(=O)O. The molecule has 0 aromatic heterocycles. The molecule has 2 atom stereocenters. The Balaban J connectivity index is 2.29. The Morgan fingerprint density at radius 2 is 2.17 bits per heavy atom. The first-order valence-corrected chi connectivity index (χ1v) is 6.73. The highest BCUT2D eigenvalue weighted by Gasteiger charge is 2.23. The van der Waals surface area contributed by atoms with Gasteiger partial charge in [-0.25, -0.2) is 4.79 Å². The molecule has 0 aliphatic carbocycles. The van der Waals surface area contributed by atoms with Crippen LogP contribution in [0.5, 0.6) is 0 Å². The predicted molar refractivity (Wildman–Crippen MR) is 69.2 cm³/mol. The maximum Gasteiger partial charge on any atom is 0.326 e. The van der Waals surface area contributed by atoms with E-state index >= 15 is 0 Å². The summed E-state index contributed by atoms with van der Waals surface area (Å²) in [5.74, 6) is -0.658. The third kappa shape index (κ3) is 5.04. The first kappa shape index (κ1) is 15.0. The van der Waals surface area contributed by atoms with E-state index < -0.39 is 12.0 Å². The summed E-state index contributed by atoms with van der Waals surface area (Å²) in [5, 5.41) is 14.9. The Labute approximate surface area is 108 Å². The van der Waals surface area contributed by atoms with Crippen molar-refractivity contribution < 1.29 is 14.7 Å². The van der Waals surface area contributed by atoms with Crippen molar-refractivity contribution in [3.05, 3.63) is 0 Å². The second-order valence-corrected chi connectivity index (χ2v) is 5.38. The van der Waals surface area contributed by atoms with Crippen LogP contribution >= 0.6 is 0 Å². The maximum absolute atomic E-state index is 11.7. The molecule has 0 spiro atoms. The van der Waals surface area contributed by atoms with E-state index in [0.29, 0.717) is 12.3 Å². The average Bonchev–Trinajstić information content (AvgIpc) is 2.34. The third-order valence-corrected chi connectivity index (χ3v) is 3.43. The van der Waals surface area contributed by atoms with Gasteiger partial charge in [0.05, 0.1) is 0 Å². The Hall–Kier alpha value is -1.10. The number of carbonyl (C=O) groups excluding carboxylic acids is 1. The maximum atomic E-state index is 11.7. The summed E-state index contributed by atoms with van der Waals surface area (Å²) < 4.78 is 0. The molecule has 1 aliphatic rings. The van der Waals surface area contributed by atoms with Gasteiger partial charge in [0.2, 0.25) is 5.91 Å². The van der Waals surface area contributed by atoms with Gasteiger partial charge in [-0.3, -0.25) is 4.79 Å². The number of carbonyl (C=O) groups is 2. The van der Waals surface area contributed by atoms with Crippen molar-refractivity contribution in [1.29, 1.82) is 0 Å². The first-order valence-electron chi connectivity index (χ1n) is 6.73. The fraction of sp³-hybridized carbons (Fsp3) is 0.846. The van der Waals surface area contributed by atoms with Gasteiger partial charge in [0.15, 0.2) is 0 Å². The summed E-state index contributed by atoms with van der Waals surface area (Å²) >= 11 is 0. The lowest BCUT2D eigenvalue weighted by molar-refractivity contribution is -0.143. The lowest BCUT2D eigenvalue weighted by atomic mass is 9.94. The molecule has 1 fully saturated rings. The quantitative estimate of drug-likeness (QED) is 0.662. The van der Waals surface area contributed by atoms with Crippen LogP contribution in [0.25, 0.3) is 0 Å². The summed E-state index contributed by atoms with van der Waals surface area (Å²) in [7, 11) is 0. The fourth-order valence-electron chi connectivity index (χ4n) is 2.26. The molecule has 3 N–H and O–H groups in total. The van der Waals surface area contributed by atoms with Crippen LogP contribution in [0, 0.1) is 11.8 Å². The topological polar surface area (TPSA) is 78.4 Å². The van der Waals surface area contributed by atoms with Crippen molar-refractivity contribution in [2.24, 2.45) is 11.8 Å². The highest BCUT2D eigenvalue weighted by Crippen LogP contribution is 2.15. The van der Waals surface area contributed by atoms with E-state index in [4.69, 9.17) is 5.11 Å². The summed E-state index contributed by atoms with van der Waals surface area (Å²) in [6.07, 6.45) is 3.58. The number of hydrogen-bond donors (Lipinski definition) is 3. The Bertz CT molecular complexity index is 286. The second kappa shape index (κ2) is 7.36. The van der Waals surface area contributed by atoms with Crippen LogP contribution in [0.3, 0.4) is 0 Å². The summed E-state index contributed by atoms with van der Waals surface area (Å²) in [5.41, 5.74) is 0. The number of carboxylic acids is 1. The van der Waals surface area contributed by atoms with E-state index in [2.05, 4.69) is 10.6 Å². The van der Waals surface area contributed by atoms with E-state index in [0.717, 1.165) is 32.4 Å². The molecule has 1 rings (SSSR count). The van der Waals surface area contributed by atoms with Crippen molar-refractivity contribution in [2.45, 2.75) is 45.6 Å². The van der Waals surface area contributed by atoms with Crippen LogP contribution < -0.4 is 10.6 Å². The molecule has 0 saturated carbocycles. The first-order chi connectivity index (χ1) is 8.50. The van der Waals surface area contributed by atoms with Crippen LogP contribution in [0.2, 0.25) is 0 Å². The lowest BCUT2D eigenvalue weighted by Gasteiger charge is -2.23. The Morgan fingerprint density at radius 1 is 1.44 bits per heavy atom. The Morgan fingerprint density at radius 3 is 2.67 bits per heavy atom. The van der Waals surface area contributed by atoms with Gasteiger partial charge in [0.25, 0.3) is 0 Å². The molecule has 1 unspecified atom stereocenters. The molecule has 0 aromatic carbocycles. The summed E-state index contributed by atoms with van der Waals surface area (Å²) in [6, 6.07) is -0.776. The highest BCUT2D eigenvalue weighted by molar-refractivity contribution is 5.83. The number of rotatable bonds is 6. The van der Waals surface area contributed by atoms with Gasteiger partial charge in [-0.05, 0) is 44.2 Å². The molecule has 104 valence electrons. The van der Waals surface area contributed by atoms with Crippen molar-refractivity contribution in [2.75, 3.05) is 13.1 Å². The van der Waals surface area contributed by atoms with Gasteiger partial charge in [-0.2, -0.15) is 0 Å². The number of carboxylic acid groups (broad SMARTS) is 1. The molecule has 1 saturated heterocycles. The zero-order chi connectivity index (χ0) is 13.5. The number of amides is 1. The van der Waals surface area contributed by atoms with Gasteiger partial charge in [-0.15, -0.1) is 0 Å². The predicted octanol–water partition coefficient (Wildman–Crippen LogP) is 0.992. The lowest BCUT2D eigenvalue weighted by Crippen LogP contribution is -2.44. The smallest absolute Gasteiger partial charge is 0.326 e. The zero-order valence-corrected chi connectivity index (χ0v) is 11.2. The number of piperidine rings is 1. The number of hydrogen-bond acceptors (Lipinski definition) is 3. The minimum absolute atomic E-state index is 0.0946. The minimum atomic E-state index is -0.960. The molecule has 1 heterocycles. The highest BCUT2D eigenvalue weighted by atomic mass is 16.4. The van der Waals surface area contributed by atoms with E-state index in [-0.39, 0.29) is 11.8 Å². The van der Waals surface area contributed by atoms with Crippen LogP contribution in [0.15, 0.2) is 0 Å². The van der Waals surface area contributed by atoms with E-state index in [1.165, 1.54) is 0 Å². The van der Waals surface area contributed by atoms with Crippen molar-refractivity contribution in [3.63, 3.8) is 0 Å². The summed E-state index contributed by atoms with van der Waals surface area (Å²) in [4.78, 5) is 22.7. The summed E-state index contributed by atoms with van der Waals surface area (Å²) in [6.45, 7) is 5.63.